The summed E-state index contributed by atoms with van der Waals surface area (Å²) in [6, 6.07) is 7.57. The van der Waals surface area contributed by atoms with E-state index in [1.807, 2.05) is 31.2 Å². The van der Waals surface area contributed by atoms with Gasteiger partial charge in [-0.1, -0.05) is 11.6 Å². The number of rotatable bonds is 5. The Hall–Kier alpha value is -2.14. The van der Waals surface area contributed by atoms with Crippen molar-refractivity contribution >= 4 is 28.0 Å². The van der Waals surface area contributed by atoms with Crippen LogP contribution in [0.3, 0.4) is 0 Å². The molecule has 1 aromatic heterocycles. The number of carbonyl (C=O) groups is 1. The third-order valence-electron chi connectivity index (χ3n) is 2.73. The summed E-state index contributed by atoms with van der Waals surface area (Å²) < 4.78 is 6.65. The van der Waals surface area contributed by atoms with E-state index in [0.29, 0.717) is 12.4 Å². The fourth-order valence-electron chi connectivity index (χ4n) is 1.79. The van der Waals surface area contributed by atoms with Crippen LogP contribution < -0.4 is 4.74 Å². The Balaban J connectivity index is 2.17. The van der Waals surface area contributed by atoms with Crippen molar-refractivity contribution in [1.82, 2.24) is 4.98 Å². The van der Waals surface area contributed by atoms with Gasteiger partial charge in [-0.3, -0.25) is 4.98 Å². The van der Waals surface area contributed by atoms with Gasteiger partial charge in [-0.25, -0.2) is 4.79 Å². The van der Waals surface area contributed by atoms with Crippen molar-refractivity contribution in [3.8, 4) is 5.75 Å². The highest BCUT2D eigenvalue weighted by atomic mass is 79.9. The van der Waals surface area contributed by atoms with Crippen LogP contribution in [0.5, 0.6) is 5.75 Å². The maximum Gasteiger partial charge on any atom is 0.328 e. The lowest BCUT2D eigenvalue weighted by molar-refractivity contribution is -0.131. The van der Waals surface area contributed by atoms with Crippen molar-refractivity contribution < 1.29 is 14.6 Å². The summed E-state index contributed by atoms with van der Waals surface area (Å²) in [6.45, 7) is 2.31. The molecule has 0 bridgehead atoms. The van der Waals surface area contributed by atoms with E-state index in [4.69, 9.17) is 9.84 Å². The predicted octanol–water partition coefficient (Wildman–Crippen LogP) is 3.83. The normalized spacial score (nSPS) is 10.8. The van der Waals surface area contributed by atoms with E-state index < -0.39 is 5.97 Å². The zero-order chi connectivity index (χ0) is 15.2. The first-order valence-corrected chi connectivity index (χ1v) is 7.08. The fraction of sp³-hybridized carbons (Fsp3) is 0.125. The van der Waals surface area contributed by atoms with Crippen LogP contribution in [-0.4, -0.2) is 16.1 Å². The highest BCUT2D eigenvalue weighted by Gasteiger charge is 2.03. The smallest absolute Gasteiger partial charge is 0.328 e. The van der Waals surface area contributed by atoms with Gasteiger partial charge in [0, 0.05) is 34.1 Å². The Morgan fingerprint density at radius 3 is 2.90 bits per heavy atom. The van der Waals surface area contributed by atoms with Crippen molar-refractivity contribution in [2.75, 3.05) is 0 Å². The van der Waals surface area contributed by atoms with Crippen LogP contribution in [0.4, 0.5) is 0 Å². The molecule has 0 aliphatic carbocycles. The zero-order valence-corrected chi connectivity index (χ0v) is 13.0. The summed E-state index contributed by atoms with van der Waals surface area (Å²) in [4.78, 5) is 14.7. The van der Waals surface area contributed by atoms with E-state index >= 15 is 0 Å². The number of nitrogens with zero attached hydrogens (tertiary/aromatic N) is 1. The minimum absolute atomic E-state index is 0.364. The Morgan fingerprint density at radius 1 is 1.38 bits per heavy atom. The second kappa shape index (κ2) is 7.04. The van der Waals surface area contributed by atoms with Crippen LogP contribution in [0.15, 0.2) is 47.2 Å². The topological polar surface area (TPSA) is 59.4 Å². The van der Waals surface area contributed by atoms with Gasteiger partial charge in [-0.2, -0.15) is 0 Å². The third kappa shape index (κ3) is 4.72. The number of ether oxygens (including phenoxy) is 1. The highest BCUT2D eigenvalue weighted by molar-refractivity contribution is 9.10. The Kier molecular flexibility index (Phi) is 5.11. The molecule has 2 rings (SSSR count). The molecular weight excluding hydrogens is 334 g/mol. The number of carboxylic acid groups (broad SMARTS) is 1. The molecule has 2 aromatic rings. The van der Waals surface area contributed by atoms with E-state index in [9.17, 15) is 4.79 Å². The molecule has 0 aliphatic rings. The van der Waals surface area contributed by atoms with Gasteiger partial charge in [-0.15, -0.1) is 0 Å². The summed E-state index contributed by atoms with van der Waals surface area (Å²) >= 11 is 3.36. The molecular formula is C16H14BrNO3. The molecule has 108 valence electrons. The average Bonchev–Trinajstić information content (AvgIpc) is 2.44. The number of aryl methyl sites for hydroxylation is 1. The molecule has 0 unspecified atom stereocenters. The second-order valence-electron chi connectivity index (χ2n) is 4.51. The fourth-order valence-corrected chi connectivity index (χ4v) is 2.20. The van der Waals surface area contributed by atoms with Gasteiger partial charge in [0.2, 0.25) is 0 Å². The molecule has 0 saturated heterocycles. The summed E-state index contributed by atoms with van der Waals surface area (Å²) in [7, 11) is 0. The first-order chi connectivity index (χ1) is 10.0. The predicted molar refractivity (Wildman–Crippen MR) is 84.1 cm³/mol. The molecule has 0 saturated carbocycles. The standard InChI is InChI=1S/C16H14BrNO3/c1-11-2-4-15(13(6-11)3-5-16(19)20)21-10-12-7-14(17)9-18-8-12/h2-9H,10H2,1H3,(H,19,20)/b5-3+. The summed E-state index contributed by atoms with van der Waals surface area (Å²) in [6.07, 6.45) is 6.06. The Bertz CT molecular complexity index is 683. The van der Waals surface area contributed by atoms with Crippen LogP contribution in [0.2, 0.25) is 0 Å². The van der Waals surface area contributed by atoms with Crippen LogP contribution in [-0.2, 0) is 11.4 Å². The number of carboxylic acids is 1. The summed E-state index contributed by atoms with van der Waals surface area (Å²) in [5.74, 6) is -0.350. The SMILES string of the molecule is Cc1ccc(OCc2cncc(Br)c2)c(/C=C/C(=O)O)c1. The van der Waals surface area contributed by atoms with E-state index in [0.717, 1.165) is 27.2 Å². The van der Waals surface area contributed by atoms with Crippen LogP contribution in [0, 0.1) is 6.92 Å². The summed E-state index contributed by atoms with van der Waals surface area (Å²) in [5, 5.41) is 8.73. The van der Waals surface area contributed by atoms with E-state index in [1.54, 1.807) is 12.4 Å². The van der Waals surface area contributed by atoms with Crippen molar-refractivity contribution in [3.05, 3.63) is 63.9 Å². The van der Waals surface area contributed by atoms with Crippen LogP contribution >= 0.6 is 15.9 Å². The maximum atomic E-state index is 10.6. The molecule has 0 fully saturated rings. The molecule has 0 aliphatic heterocycles. The van der Waals surface area contributed by atoms with Gasteiger partial charge >= 0.3 is 5.97 Å². The van der Waals surface area contributed by atoms with Gasteiger partial charge < -0.3 is 9.84 Å². The van der Waals surface area contributed by atoms with Crippen molar-refractivity contribution in [3.63, 3.8) is 0 Å². The zero-order valence-electron chi connectivity index (χ0n) is 11.4. The van der Waals surface area contributed by atoms with Crippen molar-refractivity contribution in [2.24, 2.45) is 0 Å². The molecule has 0 amide bonds. The number of pyridine rings is 1. The quantitative estimate of drug-likeness (QED) is 0.835. The minimum atomic E-state index is -0.987. The summed E-state index contributed by atoms with van der Waals surface area (Å²) in [5.41, 5.74) is 2.70. The van der Waals surface area contributed by atoms with E-state index in [-0.39, 0.29) is 0 Å². The number of halogens is 1. The maximum absolute atomic E-state index is 10.6. The van der Waals surface area contributed by atoms with Gasteiger partial charge in [0.25, 0.3) is 0 Å². The lowest BCUT2D eigenvalue weighted by atomic mass is 10.1. The number of aliphatic carboxylic acids is 1. The molecule has 0 radical (unpaired) electrons. The lowest BCUT2D eigenvalue weighted by Crippen LogP contribution is -1.98. The first-order valence-electron chi connectivity index (χ1n) is 6.28. The molecule has 1 N–H and O–H groups in total. The lowest BCUT2D eigenvalue weighted by Gasteiger charge is -2.10. The monoisotopic (exact) mass is 347 g/mol. The van der Waals surface area contributed by atoms with Gasteiger partial charge in [-0.05, 0) is 47.1 Å². The number of hydrogen-bond donors (Lipinski definition) is 1. The number of hydrogen-bond acceptors (Lipinski definition) is 3. The molecule has 1 heterocycles. The third-order valence-corrected chi connectivity index (χ3v) is 3.16. The van der Waals surface area contributed by atoms with Crippen LogP contribution in [0.25, 0.3) is 6.08 Å². The van der Waals surface area contributed by atoms with E-state index in [1.165, 1.54) is 6.08 Å². The minimum Gasteiger partial charge on any atom is -0.488 e. The molecule has 1 aromatic carbocycles. The largest absolute Gasteiger partial charge is 0.488 e. The highest BCUT2D eigenvalue weighted by Crippen LogP contribution is 2.23. The molecule has 5 heteroatoms. The van der Waals surface area contributed by atoms with E-state index in [2.05, 4.69) is 20.9 Å². The van der Waals surface area contributed by atoms with Crippen molar-refractivity contribution in [1.29, 1.82) is 0 Å². The van der Waals surface area contributed by atoms with Gasteiger partial charge in [0.15, 0.2) is 0 Å². The van der Waals surface area contributed by atoms with Crippen LogP contribution in [0.1, 0.15) is 16.7 Å². The Morgan fingerprint density at radius 2 is 2.19 bits per heavy atom. The first kappa shape index (κ1) is 15.3. The number of aromatic nitrogens is 1. The molecule has 0 atom stereocenters. The molecule has 4 nitrogen and oxygen atoms in total. The molecule has 0 spiro atoms. The van der Waals surface area contributed by atoms with Gasteiger partial charge in [0.05, 0.1) is 0 Å². The second-order valence-corrected chi connectivity index (χ2v) is 5.43. The number of benzene rings is 1. The molecule has 21 heavy (non-hydrogen) atoms. The van der Waals surface area contributed by atoms with Crippen molar-refractivity contribution in [2.45, 2.75) is 13.5 Å². The Labute approximate surface area is 131 Å². The average molecular weight is 348 g/mol. The van der Waals surface area contributed by atoms with Gasteiger partial charge in [0.1, 0.15) is 12.4 Å².